The minimum absolute atomic E-state index is 0.0307. The van der Waals surface area contributed by atoms with Gasteiger partial charge in [-0.1, -0.05) is 6.07 Å². The van der Waals surface area contributed by atoms with Crippen LogP contribution in [0.15, 0.2) is 12.1 Å². The van der Waals surface area contributed by atoms with Crippen molar-refractivity contribution in [1.82, 2.24) is 4.90 Å². The van der Waals surface area contributed by atoms with Gasteiger partial charge >= 0.3 is 0 Å². The molecule has 0 heterocycles. The van der Waals surface area contributed by atoms with Crippen molar-refractivity contribution < 1.29 is 8.78 Å². The van der Waals surface area contributed by atoms with E-state index in [0.717, 1.165) is 6.54 Å². The number of hydrogen-bond acceptors (Lipinski definition) is 2. The summed E-state index contributed by atoms with van der Waals surface area (Å²) in [4.78, 5) is 1.94. The van der Waals surface area contributed by atoms with Crippen LogP contribution in [0.25, 0.3) is 0 Å². The van der Waals surface area contributed by atoms with Gasteiger partial charge < -0.3 is 10.2 Å². The van der Waals surface area contributed by atoms with Crippen LogP contribution in [0.4, 0.5) is 14.5 Å². The average Bonchev–Trinajstić information content (AvgIpc) is 2.17. The quantitative estimate of drug-likeness (QED) is 0.827. The topological polar surface area (TPSA) is 15.3 Å². The van der Waals surface area contributed by atoms with E-state index in [0.29, 0.717) is 12.1 Å². The molecule has 0 unspecified atom stereocenters. The second-order valence-electron chi connectivity index (χ2n) is 3.78. The van der Waals surface area contributed by atoms with Crippen molar-refractivity contribution >= 4 is 5.69 Å². The molecule has 0 aliphatic rings. The van der Waals surface area contributed by atoms with Crippen molar-refractivity contribution in [2.45, 2.75) is 6.92 Å². The van der Waals surface area contributed by atoms with Gasteiger partial charge in [-0.15, -0.1) is 0 Å². The second kappa shape index (κ2) is 5.07. The number of rotatable bonds is 4. The van der Waals surface area contributed by atoms with Crippen molar-refractivity contribution in [2.24, 2.45) is 0 Å². The number of halogens is 2. The van der Waals surface area contributed by atoms with Gasteiger partial charge in [0.1, 0.15) is 11.5 Å². The number of benzene rings is 1. The Morgan fingerprint density at radius 3 is 2.53 bits per heavy atom. The average molecular weight is 214 g/mol. The molecule has 0 aliphatic heterocycles. The largest absolute Gasteiger partial charge is 0.379 e. The maximum atomic E-state index is 13.5. The molecule has 1 aromatic carbocycles. The molecule has 1 N–H and O–H groups in total. The minimum Gasteiger partial charge on any atom is -0.379 e. The fourth-order valence-electron chi connectivity index (χ4n) is 1.22. The summed E-state index contributed by atoms with van der Waals surface area (Å²) in [6.07, 6.45) is 0. The molecule has 0 saturated carbocycles. The highest BCUT2D eigenvalue weighted by Crippen LogP contribution is 2.21. The summed E-state index contributed by atoms with van der Waals surface area (Å²) in [6, 6.07) is 2.71. The summed E-state index contributed by atoms with van der Waals surface area (Å²) in [5.41, 5.74) is 0.417. The molecule has 0 atom stereocenters. The predicted octanol–water partition coefficient (Wildman–Crippen LogP) is 2.25. The predicted molar refractivity (Wildman–Crippen MR) is 58.1 cm³/mol. The van der Waals surface area contributed by atoms with Gasteiger partial charge in [-0.3, -0.25) is 0 Å². The number of nitrogens with one attached hydrogen (secondary N) is 1. The maximum Gasteiger partial charge on any atom is 0.152 e. The number of hydrogen-bond donors (Lipinski definition) is 1. The molecule has 0 aliphatic carbocycles. The Morgan fingerprint density at radius 2 is 1.93 bits per heavy atom. The summed E-state index contributed by atoms with van der Waals surface area (Å²) < 4.78 is 26.7. The number of anilines is 1. The number of likely N-dealkylation sites (N-methyl/N-ethyl adjacent to an activating group) is 1. The Bertz CT molecular complexity index is 338. The first-order valence-electron chi connectivity index (χ1n) is 4.85. The molecular weight excluding hydrogens is 198 g/mol. The highest BCUT2D eigenvalue weighted by atomic mass is 19.1. The Morgan fingerprint density at radius 1 is 1.27 bits per heavy atom. The summed E-state index contributed by atoms with van der Waals surface area (Å²) >= 11 is 0. The Hall–Kier alpha value is -1.16. The molecule has 0 radical (unpaired) electrons. The molecule has 2 nitrogen and oxygen atoms in total. The lowest BCUT2D eigenvalue weighted by Gasteiger charge is -2.13. The van der Waals surface area contributed by atoms with Gasteiger partial charge in [-0.2, -0.15) is 0 Å². The molecule has 0 aromatic heterocycles. The van der Waals surface area contributed by atoms with Crippen molar-refractivity contribution in [3.63, 3.8) is 0 Å². The van der Waals surface area contributed by atoms with E-state index in [1.165, 1.54) is 12.1 Å². The number of nitrogens with zero attached hydrogens (tertiary/aromatic N) is 1. The molecule has 0 fully saturated rings. The van der Waals surface area contributed by atoms with E-state index >= 15 is 0 Å². The van der Waals surface area contributed by atoms with Crippen LogP contribution in [0.3, 0.4) is 0 Å². The third kappa shape index (κ3) is 3.16. The summed E-state index contributed by atoms with van der Waals surface area (Å²) in [5, 5.41) is 2.76. The SMILES string of the molecule is Cc1ccc(F)c(NCCN(C)C)c1F. The summed E-state index contributed by atoms with van der Waals surface area (Å²) in [7, 11) is 3.81. The molecule has 15 heavy (non-hydrogen) atoms. The lowest BCUT2D eigenvalue weighted by atomic mass is 10.2. The third-order valence-corrected chi connectivity index (χ3v) is 2.14. The van der Waals surface area contributed by atoms with E-state index in [4.69, 9.17) is 0 Å². The second-order valence-corrected chi connectivity index (χ2v) is 3.78. The first kappa shape index (κ1) is 11.9. The van der Waals surface area contributed by atoms with Crippen LogP contribution in [0.2, 0.25) is 0 Å². The highest BCUT2D eigenvalue weighted by molar-refractivity contribution is 5.48. The molecule has 0 bridgehead atoms. The molecule has 84 valence electrons. The molecule has 0 saturated heterocycles. The minimum atomic E-state index is -0.545. The molecule has 0 amide bonds. The van der Waals surface area contributed by atoms with Crippen LogP contribution in [-0.4, -0.2) is 32.1 Å². The van der Waals surface area contributed by atoms with Gasteiger partial charge in [0.15, 0.2) is 5.82 Å². The first-order chi connectivity index (χ1) is 7.02. The van der Waals surface area contributed by atoms with Crippen LogP contribution < -0.4 is 5.32 Å². The smallest absolute Gasteiger partial charge is 0.152 e. The van der Waals surface area contributed by atoms with Crippen LogP contribution in [0.1, 0.15) is 5.56 Å². The van der Waals surface area contributed by atoms with E-state index in [1.54, 1.807) is 6.92 Å². The van der Waals surface area contributed by atoms with Gasteiger partial charge in [0.25, 0.3) is 0 Å². The number of aryl methyl sites for hydroxylation is 1. The lowest BCUT2D eigenvalue weighted by Crippen LogP contribution is -2.21. The van der Waals surface area contributed by atoms with Gasteiger partial charge in [-0.25, -0.2) is 8.78 Å². The Labute approximate surface area is 88.9 Å². The Balaban J connectivity index is 2.71. The summed E-state index contributed by atoms with van der Waals surface area (Å²) in [6.45, 7) is 2.86. The molecule has 0 spiro atoms. The van der Waals surface area contributed by atoms with E-state index in [2.05, 4.69) is 5.32 Å². The zero-order valence-corrected chi connectivity index (χ0v) is 9.27. The molecule has 1 rings (SSSR count). The molecule has 1 aromatic rings. The normalized spacial score (nSPS) is 10.8. The van der Waals surface area contributed by atoms with Crippen LogP contribution in [-0.2, 0) is 0 Å². The van der Waals surface area contributed by atoms with Crippen molar-refractivity contribution in [3.05, 3.63) is 29.3 Å². The highest BCUT2D eigenvalue weighted by Gasteiger charge is 2.10. The van der Waals surface area contributed by atoms with Crippen molar-refractivity contribution in [2.75, 3.05) is 32.5 Å². The fraction of sp³-hybridized carbons (Fsp3) is 0.455. The van der Waals surface area contributed by atoms with Gasteiger partial charge in [0, 0.05) is 13.1 Å². The van der Waals surface area contributed by atoms with Crippen molar-refractivity contribution in [3.8, 4) is 0 Å². The Kier molecular flexibility index (Phi) is 4.03. The third-order valence-electron chi connectivity index (χ3n) is 2.14. The summed E-state index contributed by atoms with van der Waals surface area (Å²) in [5.74, 6) is -1.05. The van der Waals surface area contributed by atoms with Crippen molar-refractivity contribution in [1.29, 1.82) is 0 Å². The van der Waals surface area contributed by atoms with Crippen LogP contribution >= 0.6 is 0 Å². The molecular formula is C11H16F2N2. The van der Waals surface area contributed by atoms with Crippen LogP contribution in [0, 0.1) is 18.6 Å². The van der Waals surface area contributed by atoms with E-state index in [9.17, 15) is 8.78 Å². The standard InChI is InChI=1S/C11H16F2N2/c1-8-4-5-9(12)11(10(8)13)14-6-7-15(2)3/h4-5,14H,6-7H2,1-3H3. The van der Waals surface area contributed by atoms with E-state index in [1.807, 2.05) is 19.0 Å². The monoisotopic (exact) mass is 214 g/mol. The van der Waals surface area contributed by atoms with E-state index in [-0.39, 0.29) is 5.69 Å². The van der Waals surface area contributed by atoms with Gasteiger partial charge in [0.2, 0.25) is 0 Å². The zero-order chi connectivity index (χ0) is 11.4. The van der Waals surface area contributed by atoms with Gasteiger partial charge in [0.05, 0.1) is 0 Å². The fourth-order valence-corrected chi connectivity index (χ4v) is 1.22. The maximum absolute atomic E-state index is 13.5. The molecule has 4 heteroatoms. The lowest BCUT2D eigenvalue weighted by molar-refractivity contribution is 0.424. The zero-order valence-electron chi connectivity index (χ0n) is 9.27. The van der Waals surface area contributed by atoms with E-state index < -0.39 is 11.6 Å². The van der Waals surface area contributed by atoms with Crippen LogP contribution in [0.5, 0.6) is 0 Å². The first-order valence-corrected chi connectivity index (χ1v) is 4.85. The van der Waals surface area contributed by atoms with Gasteiger partial charge in [-0.05, 0) is 32.6 Å².